The lowest BCUT2D eigenvalue weighted by Crippen LogP contribution is -2.42. The Hall–Kier alpha value is -2.11. The largest absolute Gasteiger partial charge is 0.496 e. The maximum absolute atomic E-state index is 12.4. The van der Waals surface area contributed by atoms with E-state index in [1.807, 2.05) is 25.1 Å². The molecular formula is C19H25N3O2. The Balaban J connectivity index is 1.94. The first-order valence-electron chi connectivity index (χ1n) is 8.46. The van der Waals surface area contributed by atoms with Crippen LogP contribution in [0.5, 0.6) is 5.75 Å². The third-order valence-electron chi connectivity index (χ3n) is 4.67. The highest BCUT2D eigenvalue weighted by Crippen LogP contribution is 2.31. The molecule has 0 saturated carbocycles. The molecule has 5 heteroatoms. The van der Waals surface area contributed by atoms with Crippen molar-refractivity contribution in [1.82, 2.24) is 10.2 Å². The van der Waals surface area contributed by atoms with Crippen molar-refractivity contribution in [1.29, 1.82) is 0 Å². The fourth-order valence-corrected chi connectivity index (χ4v) is 3.55. The minimum atomic E-state index is -0.177. The van der Waals surface area contributed by atoms with Gasteiger partial charge in [0.15, 0.2) is 0 Å². The Morgan fingerprint density at radius 3 is 2.88 bits per heavy atom. The zero-order chi connectivity index (χ0) is 17.1. The lowest BCUT2D eigenvalue weighted by Gasteiger charge is -2.25. The van der Waals surface area contributed by atoms with E-state index in [0.29, 0.717) is 26.1 Å². The molecule has 0 aliphatic carbocycles. The number of likely N-dealkylation sites (tertiary alicyclic amines) is 1. The molecule has 0 unspecified atom stereocenters. The van der Waals surface area contributed by atoms with Crippen LogP contribution in [0.4, 0.5) is 0 Å². The van der Waals surface area contributed by atoms with Gasteiger partial charge in [-0.05, 0) is 30.2 Å². The van der Waals surface area contributed by atoms with E-state index in [9.17, 15) is 4.79 Å². The minimum Gasteiger partial charge on any atom is -0.496 e. The van der Waals surface area contributed by atoms with Crippen LogP contribution in [-0.4, -0.2) is 43.1 Å². The van der Waals surface area contributed by atoms with Crippen LogP contribution in [0.1, 0.15) is 18.9 Å². The SMILES string of the molecule is CCNC(=O)[C@@H]1C[C@@H](N)CN1Cc1c(OC)ccc2ccccc12. The van der Waals surface area contributed by atoms with E-state index in [4.69, 9.17) is 10.5 Å². The Bertz CT molecular complexity index is 732. The highest BCUT2D eigenvalue weighted by Gasteiger charge is 2.35. The van der Waals surface area contributed by atoms with Crippen LogP contribution >= 0.6 is 0 Å². The Labute approximate surface area is 142 Å². The number of methoxy groups -OCH3 is 1. The summed E-state index contributed by atoms with van der Waals surface area (Å²) in [5.41, 5.74) is 7.24. The fourth-order valence-electron chi connectivity index (χ4n) is 3.55. The zero-order valence-electron chi connectivity index (χ0n) is 14.3. The molecule has 3 rings (SSSR count). The summed E-state index contributed by atoms with van der Waals surface area (Å²) in [5.74, 6) is 0.911. The normalized spacial score (nSPS) is 21.1. The average molecular weight is 327 g/mol. The van der Waals surface area contributed by atoms with Crippen LogP contribution in [0, 0.1) is 0 Å². The predicted molar refractivity (Wildman–Crippen MR) is 96.0 cm³/mol. The Morgan fingerprint density at radius 1 is 1.33 bits per heavy atom. The van der Waals surface area contributed by atoms with Gasteiger partial charge in [0.05, 0.1) is 13.2 Å². The van der Waals surface area contributed by atoms with Crippen LogP contribution < -0.4 is 15.8 Å². The topological polar surface area (TPSA) is 67.6 Å². The summed E-state index contributed by atoms with van der Waals surface area (Å²) >= 11 is 0. The van der Waals surface area contributed by atoms with Gasteiger partial charge in [0, 0.05) is 31.2 Å². The monoisotopic (exact) mass is 327 g/mol. The summed E-state index contributed by atoms with van der Waals surface area (Å²) in [6.45, 7) is 3.94. The summed E-state index contributed by atoms with van der Waals surface area (Å²) in [5, 5.41) is 5.25. The molecule has 2 atom stereocenters. The number of nitrogens with one attached hydrogen (secondary N) is 1. The molecular weight excluding hydrogens is 302 g/mol. The van der Waals surface area contributed by atoms with E-state index in [0.717, 1.165) is 16.7 Å². The number of benzene rings is 2. The first kappa shape index (κ1) is 16.7. The Morgan fingerprint density at radius 2 is 2.12 bits per heavy atom. The minimum absolute atomic E-state index is 0.0265. The maximum Gasteiger partial charge on any atom is 0.237 e. The van der Waals surface area contributed by atoms with Gasteiger partial charge in [0.2, 0.25) is 5.91 Å². The number of ether oxygens (including phenoxy) is 1. The Kier molecular flexibility index (Phi) is 5.02. The van der Waals surface area contributed by atoms with Gasteiger partial charge < -0.3 is 15.8 Å². The van der Waals surface area contributed by atoms with Gasteiger partial charge in [-0.3, -0.25) is 9.69 Å². The van der Waals surface area contributed by atoms with Crippen molar-refractivity contribution in [2.45, 2.75) is 32.0 Å². The van der Waals surface area contributed by atoms with Crippen molar-refractivity contribution in [3.05, 3.63) is 42.0 Å². The van der Waals surface area contributed by atoms with Crippen molar-refractivity contribution in [3.63, 3.8) is 0 Å². The third kappa shape index (κ3) is 3.23. The second-order valence-electron chi connectivity index (χ2n) is 6.30. The van der Waals surface area contributed by atoms with Crippen molar-refractivity contribution < 1.29 is 9.53 Å². The van der Waals surface area contributed by atoms with Crippen LogP contribution in [0.15, 0.2) is 36.4 Å². The summed E-state index contributed by atoms with van der Waals surface area (Å²) in [6.07, 6.45) is 0.693. The molecule has 5 nitrogen and oxygen atoms in total. The molecule has 1 aliphatic rings. The number of amides is 1. The van der Waals surface area contributed by atoms with E-state index < -0.39 is 0 Å². The molecule has 2 aromatic rings. The number of hydrogen-bond donors (Lipinski definition) is 2. The van der Waals surface area contributed by atoms with Crippen molar-refractivity contribution >= 4 is 16.7 Å². The molecule has 128 valence electrons. The number of likely N-dealkylation sites (N-methyl/N-ethyl adjacent to an activating group) is 1. The number of rotatable bonds is 5. The number of fused-ring (bicyclic) bond motifs is 1. The molecule has 1 fully saturated rings. The van der Waals surface area contributed by atoms with Gasteiger partial charge in [-0.15, -0.1) is 0 Å². The van der Waals surface area contributed by atoms with Gasteiger partial charge in [-0.25, -0.2) is 0 Å². The summed E-state index contributed by atoms with van der Waals surface area (Å²) < 4.78 is 5.58. The number of nitrogens with two attached hydrogens (primary N) is 1. The molecule has 1 amide bonds. The second-order valence-corrected chi connectivity index (χ2v) is 6.30. The van der Waals surface area contributed by atoms with Gasteiger partial charge in [0.1, 0.15) is 5.75 Å². The quantitative estimate of drug-likeness (QED) is 0.880. The third-order valence-corrected chi connectivity index (χ3v) is 4.67. The maximum atomic E-state index is 12.4. The second kappa shape index (κ2) is 7.20. The summed E-state index contributed by atoms with van der Waals surface area (Å²) in [4.78, 5) is 14.5. The van der Waals surface area contributed by atoms with Crippen LogP contribution in [0.25, 0.3) is 10.8 Å². The molecule has 0 spiro atoms. The molecule has 2 aromatic carbocycles. The van der Waals surface area contributed by atoms with Crippen molar-refractivity contribution in [3.8, 4) is 5.75 Å². The van der Waals surface area contributed by atoms with Gasteiger partial charge in [0.25, 0.3) is 0 Å². The van der Waals surface area contributed by atoms with Crippen molar-refractivity contribution in [2.24, 2.45) is 5.73 Å². The van der Waals surface area contributed by atoms with Gasteiger partial charge in [-0.2, -0.15) is 0 Å². The number of hydrogen-bond acceptors (Lipinski definition) is 4. The van der Waals surface area contributed by atoms with Gasteiger partial charge in [-0.1, -0.05) is 30.3 Å². The van der Waals surface area contributed by atoms with Crippen LogP contribution in [-0.2, 0) is 11.3 Å². The molecule has 0 radical (unpaired) electrons. The van der Waals surface area contributed by atoms with Crippen molar-refractivity contribution in [2.75, 3.05) is 20.2 Å². The smallest absolute Gasteiger partial charge is 0.237 e. The molecule has 3 N–H and O–H groups in total. The first-order valence-corrected chi connectivity index (χ1v) is 8.46. The molecule has 1 saturated heterocycles. The van der Waals surface area contributed by atoms with E-state index in [-0.39, 0.29) is 18.0 Å². The zero-order valence-corrected chi connectivity index (χ0v) is 14.3. The number of carbonyl (C=O) groups is 1. The molecule has 1 aliphatic heterocycles. The van der Waals surface area contributed by atoms with E-state index in [1.54, 1.807) is 7.11 Å². The first-order chi connectivity index (χ1) is 11.6. The molecule has 24 heavy (non-hydrogen) atoms. The van der Waals surface area contributed by atoms with E-state index in [1.165, 1.54) is 5.39 Å². The van der Waals surface area contributed by atoms with Crippen LogP contribution in [0.3, 0.4) is 0 Å². The highest BCUT2D eigenvalue weighted by atomic mass is 16.5. The standard InChI is InChI=1S/C19H25N3O2/c1-3-21-19(23)17-10-14(20)11-22(17)12-16-15-7-5-4-6-13(15)8-9-18(16)24-2/h4-9,14,17H,3,10-12,20H2,1-2H3,(H,21,23)/t14-,17+/m1/s1. The average Bonchev–Trinajstić information content (AvgIpc) is 2.96. The summed E-state index contributed by atoms with van der Waals surface area (Å²) in [6, 6.07) is 12.2. The lowest BCUT2D eigenvalue weighted by atomic mass is 10.0. The predicted octanol–water partition coefficient (Wildman–Crippen LogP) is 1.89. The number of carbonyl (C=O) groups excluding carboxylic acids is 1. The highest BCUT2D eigenvalue weighted by molar-refractivity contribution is 5.88. The fraction of sp³-hybridized carbons (Fsp3) is 0.421. The van der Waals surface area contributed by atoms with Gasteiger partial charge >= 0.3 is 0 Å². The number of nitrogens with zero attached hydrogens (tertiary/aromatic N) is 1. The molecule has 1 heterocycles. The lowest BCUT2D eigenvalue weighted by molar-refractivity contribution is -0.125. The molecule has 0 aromatic heterocycles. The van der Waals surface area contributed by atoms with Crippen LogP contribution in [0.2, 0.25) is 0 Å². The molecule has 0 bridgehead atoms. The van der Waals surface area contributed by atoms with E-state index >= 15 is 0 Å². The van der Waals surface area contributed by atoms with E-state index in [2.05, 4.69) is 28.4 Å². The summed E-state index contributed by atoms with van der Waals surface area (Å²) in [7, 11) is 1.69.